The fourth-order valence-electron chi connectivity index (χ4n) is 2.77. The normalized spacial score (nSPS) is 22.3. The van der Waals surface area contributed by atoms with E-state index in [0.717, 1.165) is 32.8 Å². The number of aromatic nitrogens is 2. The summed E-state index contributed by atoms with van der Waals surface area (Å²) in [6.07, 6.45) is 1.93. The molecule has 2 fully saturated rings. The van der Waals surface area contributed by atoms with E-state index in [-0.39, 0.29) is 11.9 Å². The maximum atomic E-state index is 11.9. The van der Waals surface area contributed by atoms with Crippen molar-refractivity contribution in [3.63, 3.8) is 0 Å². The van der Waals surface area contributed by atoms with Crippen molar-refractivity contribution in [3.05, 3.63) is 22.1 Å². The van der Waals surface area contributed by atoms with Crippen molar-refractivity contribution in [2.75, 3.05) is 39.4 Å². The number of carbonyl (C=O) groups excluding carboxylic acids is 1. The minimum Gasteiger partial charge on any atom is -0.437 e. The largest absolute Gasteiger partial charge is 0.437 e. The lowest BCUT2D eigenvalue weighted by Gasteiger charge is -2.25. The molecule has 2 aliphatic rings. The smallest absolute Gasteiger partial charge is 0.434 e. The van der Waals surface area contributed by atoms with Gasteiger partial charge >= 0.3 is 17.7 Å². The Kier molecular flexibility index (Phi) is 4.71. The number of nitrogens with zero attached hydrogens (tertiary/aromatic N) is 4. The van der Waals surface area contributed by atoms with Crippen molar-refractivity contribution >= 4 is 18.1 Å². The summed E-state index contributed by atoms with van der Waals surface area (Å²) in [4.78, 5) is 26.3. The molecule has 0 aliphatic carbocycles. The minimum absolute atomic E-state index is 0.0887. The second-order valence-electron chi connectivity index (χ2n) is 5.75. The summed E-state index contributed by atoms with van der Waals surface area (Å²) >= 11 is 0. The van der Waals surface area contributed by atoms with Gasteiger partial charge in [0.25, 0.3) is 0 Å². The van der Waals surface area contributed by atoms with Gasteiger partial charge in [-0.05, 0) is 0 Å². The number of aromatic amines is 1. The highest BCUT2D eigenvalue weighted by Gasteiger charge is 2.35. The first-order valence-corrected chi connectivity index (χ1v) is 7.70. The van der Waals surface area contributed by atoms with E-state index in [1.165, 1.54) is 26.9 Å². The number of hydrazone groups is 1. The number of ether oxygens (including phenoxy) is 2. The van der Waals surface area contributed by atoms with Gasteiger partial charge in [-0.15, -0.1) is 4.57 Å². The van der Waals surface area contributed by atoms with Crippen LogP contribution in [0.1, 0.15) is 5.82 Å². The molecule has 1 aromatic rings. The van der Waals surface area contributed by atoms with Gasteiger partial charge in [0.05, 0.1) is 19.8 Å². The van der Waals surface area contributed by atoms with Crippen LogP contribution in [0.2, 0.25) is 0 Å². The number of hydrogen-bond donors (Lipinski definition) is 2. The van der Waals surface area contributed by atoms with E-state index in [1.807, 2.05) is 0 Å². The zero-order valence-electron chi connectivity index (χ0n) is 13.3. The number of nitro groups is 1. The third-order valence-corrected chi connectivity index (χ3v) is 4.13. The molecule has 0 aromatic carbocycles. The number of hydrogen-bond acceptors (Lipinski definition) is 6. The Balaban J connectivity index is 1.59. The Labute approximate surface area is 137 Å². The third kappa shape index (κ3) is 3.51. The molecule has 11 heteroatoms. The summed E-state index contributed by atoms with van der Waals surface area (Å²) in [5, 5.41) is 16.1. The van der Waals surface area contributed by atoms with Crippen molar-refractivity contribution in [2.45, 2.75) is 6.10 Å². The average Bonchev–Trinajstić information content (AvgIpc) is 3.09. The van der Waals surface area contributed by atoms with E-state index in [4.69, 9.17) is 9.47 Å². The molecule has 0 spiro atoms. The number of imidazole rings is 1. The van der Waals surface area contributed by atoms with Crippen molar-refractivity contribution in [2.24, 2.45) is 12.1 Å². The molecule has 1 unspecified atom stereocenters. The van der Waals surface area contributed by atoms with Crippen LogP contribution in [-0.4, -0.2) is 72.7 Å². The second-order valence-corrected chi connectivity index (χ2v) is 5.75. The predicted molar refractivity (Wildman–Crippen MR) is 79.6 cm³/mol. The summed E-state index contributed by atoms with van der Waals surface area (Å²) < 4.78 is 12.0. The van der Waals surface area contributed by atoms with Gasteiger partial charge in [0.1, 0.15) is 26.7 Å². The van der Waals surface area contributed by atoms with E-state index < -0.39 is 11.0 Å². The van der Waals surface area contributed by atoms with Gasteiger partial charge in [-0.1, -0.05) is 0 Å². The second kappa shape index (κ2) is 6.93. The average molecular weight is 340 g/mol. The summed E-state index contributed by atoms with van der Waals surface area (Å²) in [6.45, 7) is 4.34. The number of nitrogens with one attached hydrogen (secondary N) is 2. The lowest BCUT2D eigenvalue weighted by Crippen LogP contribution is -3.15. The highest BCUT2D eigenvalue weighted by Crippen LogP contribution is 2.10. The fourth-order valence-corrected chi connectivity index (χ4v) is 2.77. The van der Waals surface area contributed by atoms with Gasteiger partial charge < -0.3 is 24.5 Å². The minimum atomic E-state index is -0.507. The molecule has 2 N–H and O–H groups in total. The fraction of sp³-hybridized carbons (Fsp3) is 0.615. The van der Waals surface area contributed by atoms with E-state index in [0.29, 0.717) is 12.4 Å². The molecule has 130 valence electrons. The van der Waals surface area contributed by atoms with Crippen LogP contribution in [0, 0.1) is 10.1 Å². The molecule has 24 heavy (non-hydrogen) atoms. The molecule has 0 bridgehead atoms. The van der Waals surface area contributed by atoms with E-state index in [9.17, 15) is 14.9 Å². The first-order chi connectivity index (χ1) is 11.5. The Morgan fingerprint density at radius 1 is 1.58 bits per heavy atom. The monoisotopic (exact) mass is 340 g/mol. The number of quaternary nitrogens is 1. The SMILES string of the molecule is C[n+]1c([N+](=O)[O-])c[nH]c1/C=N/N1CC(C[NH+]2CCOCC2)OC1=O. The van der Waals surface area contributed by atoms with Crippen LogP contribution < -0.4 is 9.47 Å². The van der Waals surface area contributed by atoms with Gasteiger partial charge in [0.15, 0.2) is 12.3 Å². The molecule has 0 saturated carbocycles. The molecular weight excluding hydrogens is 320 g/mol. The van der Waals surface area contributed by atoms with E-state index in [1.54, 1.807) is 7.05 Å². The van der Waals surface area contributed by atoms with E-state index in [2.05, 4.69) is 10.1 Å². The van der Waals surface area contributed by atoms with Gasteiger partial charge in [0.2, 0.25) is 6.20 Å². The molecule has 3 rings (SSSR count). The molecule has 0 radical (unpaired) electrons. The number of cyclic esters (lactones) is 1. The zero-order chi connectivity index (χ0) is 17.1. The van der Waals surface area contributed by atoms with Crippen LogP contribution in [0.4, 0.5) is 10.6 Å². The number of amides is 1. The molecular formula is C13H20N6O5+2. The van der Waals surface area contributed by atoms with Crippen LogP contribution in [0.15, 0.2) is 11.3 Å². The topological polar surface area (TPSA) is 118 Å². The van der Waals surface area contributed by atoms with Crippen LogP contribution in [0.3, 0.4) is 0 Å². The van der Waals surface area contributed by atoms with Gasteiger partial charge in [-0.3, -0.25) is 0 Å². The van der Waals surface area contributed by atoms with Crippen molar-refractivity contribution < 1.29 is 28.7 Å². The number of rotatable bonds is 5. The van der Waals surface area contributed by atoms with Gasteiger partial charge in [0, 0.05) is 4.92 Å². The molecule has 1 amide bonds. The standard InChI is InChI=1S/C13H18N6O5/c1-16-11(14-7-12(16)19(21)22)6-15-18-9-10(24-13(18)20)8-17-2-4-23-5-3-17/h6-7,10H,2-5,8-9H2,1H3/p+2/b15-6+. The molecule has 3 heterocycles. The lowest BCUT2D eigenvalue weighted by molar-refractivity contribution is -0.910. The first-order valence-electron chi connectivity index (χ1n) is 7.70. The Morgan fingerprint density at radius 2 is 2.33 bits per heavy atom. The summed E-state index contributed by atoms with van der Waals surface area (Å²) in [6, 6.07) is 0. The van der Waals surface area contributed by atoms with Crippen molar-refractivity contribution in [1.82, 2.24) is 9.99 Å². The Bertz CT molecular complexity index is 653. The number of carbonyl (C=O) groups is 1. The zero-order valence-corrected chi connectivity index (χ0v) is 13.3. The third-order valence-electron chi connectivity index (χ3n) is 4.13. The predicted octanol–water partition coefficient (Wildman–Crippen LogP) is -2.18. The van der Waals surface area contributed by atoms with Crippen molar-refractivity contribution in [3.8, 4) is 0 Å². The highest BCUT2D eigenvalue weighted by molar-refractivity contribution is 5.76. The van der Waals surface area contributed by atoms with Crippen molar-refractivity contribution in [1.29, 1.82) is 0 Å². The molecule has 2 aliphatic heterocycles. The highest BCUT2D eigenvalue weighted by atomic mass is 16.6. The Morgan fingerprint density at radius 3 is 3.00 bits per heavy atom. The van der Waals surface area contributed by atoms with Gasteiger partial charge in [-0.2, -0.15) is 10.1 Å². The van der Waals surface area contributed by atoms with Crippen LogP contribution >= 0.6 is 0 Å². The number of morpholine rings is 1. The summed E-state index contributed by atoms with van der Waals surface area (Å²) in [7, 11) is 1.54. The molecule has 2 saturated heterocycles. The van der Waals surface area contributed by atoms with E-state index >= 15 is 0 Å². The quantitative estimate of drug-likeness (QED) is 0.273. The van der Waals surface area contributed by atoms with Gasteiger partial charge in [-0.25, -0.2) is 9.78 Å². The Hall–Kier alpha value is -2.53. The summed E-state index contributed by atoms with van der Waals surface area (Å²) in [5.41, 5.74) is 0. The molecule has 1 atom stereocenters. The lowest BCUT2D eigenvalue weighted by atomic mass is 10.3. The molecule has 1 aromatic heterocycles. The summed E-state index contributed by atoms with van der Waals surface area (Å²) in [5.74, 6) is 0.325. The van der Waals surface area contributed by atoms with Crippen LogP contribution in [-0.2, 0) is 16.5 Å². The first kappa shape index (κ1) is 16.3. The number of H-pyrrole nitrogens is 1. The molecule has 11 nitrogen and oxygen atoms in total. The van der Waals surface area contributed by atoms with Crippen LogP contribution in [0.5, 0.6) is 0 Å². The maximum Gasteiger partial charge on any atom is 0.434 e. The van der Waals surface area contributed by atoms with Crippen LogP contribution in [0.25, 0.3) is 0 Å². The maximum absolute atomic E-state index is 11.9.